The Morgan fingerprint density at radius 2 is 1.50 bits per heavy atom. The maximum absolute atomic E-state index is 5.44. The molecular weight excluding hydrogens is 168 g/mol. The zero-order valence-electron chi connectivity index (χ0n) is 8.47. The fourth-order valence-electron chi connectivity index (χ4n) is 1.01. The summed E-state index contributed by atoms with van der Waals surface area (Å²) in [5.74, 6) is 0. The quantitative estimate of drug-likeness (QED) is 0.403. The largest absolute Gasteiger partial charge is 0.428 e. The molecule has 0 aromatic carbocycles. The molecule has 74 valence electrons. The van der Waals surface area contributed by atoms with Gasteiger partial charge in [0.2, 0.25) is 0 Å². The van der Waals surface area contributed by atoms with Crippen LogP contribution in [0.5, 0.6) is 0 Å². The smallest absolute Gasteiger partial charge is 0.145 e. The van der Waals surface area contributed by atoms with Crippen molar-refractivity contribution in [3.8, 4) is 0 Å². The van der Waals surface area contributed by atoms with Crippen LogP contribution in [0.1, 0.15) is 39.0 Å². The number of ether oxygens (including phenoxy) is 1. The highest BCUT2D eigenvalue weighted by atomic mass is 28.2. The molecule has 3 heteroatoms. The van der Waals surface area contributed by atoms with Gasteiger partial charge in [-0.3, -0.25) is 0 Å². The van der Waals surface area contributed by atoms with E-state index in [1.54, 1.807) is 0 Å². The summed E-state index contributed by atoms with van der Waals surface area (Å²) in [6, 6.07) is 0. The predicted molar refractivity (Wildman–Crippen MR) is 55.5 cm³/mol. The molecule has 0 N–H and O–H groups in total. The molecular formula is C9H22O2Si. The standard InChI is InChI=1S/C9H22O2Si/c1-2-3-4-7-10-8-5-6-9-11-12/h2-9H2,1,12H3. The Morgan fingerprint density at radius 1 is 0.917 bits per heavy atom. The molecule has 0 bridgehead atoms. The van der Waals surface area contributed by atoms with Crippen LogP contribution in [0.15, 0.2) is 0 Å². The number of unbranched alkanes of at least 4 members (excludes halogenated alkanes) is 3. The van der Waals surface area contributed by atoms with Crippen LogP contribution in [0.2, 0.25) is 0 Å². The van der Waals surface area contributed by atoms with E-state index < -0.39 is 0 Å². The van der Waals surface area contributed by atoms with Gasteiger partial charge in [-0.15, -0.1) is 0 Å². The first-order valence-electron chi connectivity index (χ1n) is 4.98. The lowest BCUT2D eigenvalue weighted by molar-refractivity contribution is 0.123. The average molecular weight is 190 g/mol. The maximum Gasteiger partial charge on any atom is 0.145 e. The van der Waals surface area contributed by atoms with Crippen molar-refractivity contribution in [1.29, 1.82) is 0 Å². The molecule has 0 unspecified atom stereocenters. The molecule has 0 saturated carbocycles. The van der Waals surface area contributed by atoms with Crippen LogP contribution in [0.3, 0.4) is 0 Å². The van der Waals surface area contributed by atoms with Gasteiger partial charge in [0.05, 0.1) is 0 Å². The fourth-order valence-corrected chi connectivity index (χ4v) is 1.30. The molecule has 12 heavy (non-hydrogen) atoms. The van der Waals surface area contributed by atoms with E-state index in [0.29, 0.717) is 0 Å². The van der Waals surface area contributed by atoms with Gasteiger partial charge in [-0.1, -0.05) is 19.8 Å². The van der Waals surface area contributed by atoms with Gasteiger partial charge in [-0.05, 0) is 19.3 Å². The van der Waals surface area contributed by atoms with E-state index in [4.69, 9.17) is 9.16 Å². The molecule has 0 aromatic rings. The van der Waals surface area contributed by atoms with Crippen molar-refractivity contribution in [1.82, 2.24) is 0 Å². The van der Waals surface area contributed by atoms with Crippen molar-refractivity contribution < 1.29 is 9.16 Å². The third-order valence-electron chi connectivity index (χ3n) is 1.78. The van der Waals surface area contributed by atoms with Crippen molar-refractivity contribution in [2.24, 2.45) is 0 Å². The Kier molecular flexibility index (Phi) is 11.3. The van der Waals surface area contributed by atoms with Gasteiger partial charge in [-0.2, -0.15) is 0 Å². The molecule has 0 heterocycles. The summed E-state index contributed by atoms with van der Waals surface area (Å²) >= 11 is 0. The summed E-state index contributed by atoms with van der Waals surface area (Å²) in [5, 5.41) is 0. The molecule has 0 radical (unpaired) electrons. The third kappa shape index (κ3) is 10.1. The number of rotatable bonds is 9. The van der Waals surface area contributed by atoms with Crippen molar-refractivity contribution in [2.75, 3.05) is 19.8 Å². The van der Waals surface area contributed by atoms with Crippen LogP contribution in [0.4, 0.5) is 0 Å². The summed E-state index contributed by atoms with van der Waals surface area (Å²) in [4.78, 5) is 0. The van der Waals surface area contributed by atoms with E-state index in [2.05, 4.69) is 6.92 Å². The van der Waals surface area contributed by atoms with Gasteiger partial charge >= 0.3 is 0 Å². The molecule has 0 fully saturated rings. The molecule has 0 aromatic heterocycles. The minimum Gasteiger partial charge on any atom is -0.428 e. The molecule has 2 nitrogen and oxygen atoms in total. The lowest BCUT2D eigenvalue weighted by atomic mass is 10.3. The highest BCUT2D eigenvalue weighted by molar-refractivity contribution is 5.97. The SMILES string of the molecule is CCCCCOCCCCO[SiH3]. The number of hydrogen-bond acceptors (Lipinski definition) is 2. The second kappa shape index (κ2) is 11.1. The van der Waals surface area contributed by atoms with Gasteiger partial charge in [0.1, 0.15) is 10.5 Å². The first-order chi connectivity index (χ1) is 5.91. The molecule has 0 rings (SSSR count). The predicted octanol–water partition coefficient (Wildman–Crippen LogP) is 1.27. The van der Waals surface area contributed by atoms with E-state index in [1.807, 2.05) is 0 Å². The molecule has 0 aliphatic carbocycles. The van der Waals surface area contributed by atoms with Crippen molar-refractivity contribution in [3.05, 3.63) is 0 Å². The summed E-state index contributed by atoms with van der Waals surface area (Å²) < 4.78 is 10.5. The van der Waals surface area contributed by atoms with Crippen molar-refractivity contribution in [2.45, 2.75) is 39.0 Å². The highest BCUT2D eigenvalue weighted by Gasteiger charge is 1.89. The molecule has 0 aliphatic rings. The van der Waals surface area contributed by atoms with Crippen LogP contribution in [0.25, 0.3) is 0 Å². The molecule has 0 aliphatic heterocycles. The third-order valence-corrected chi connectivity index (χ3v) is 2.19. The Bertz CT molecular complexity index is 68.9. The minimum atomic E-state index is 0.869. The van der Waals surface area contributed by atoms with Gasteiger partial charge in [-0.25, -0.2) is 0 Å². The first kappa shape index (κ1) is 12.1. The monoisotopic (exact) mass is 190 g/mol. The van der Waals surface area contributed by atoms with Crippen LogP contribution >= 0.6 is 0 Å². The zero-order valence-corrected chi connectivity index (χ0v) is 10.5. The number of hydrogen-bond donors (Lipinski definition) is 0. The Hall–Kier alpha value is 0.137. The van der Waals surface area contributed by atoms with Gasteiger partial charge < -0.3 is 9.16 Å². The second-order valence-electron chi connectivity index (χ2n) is 3.02. The van der Waals surface area contributed by atoms with E-state index in [0.717, 1.165) is 43.1 Å². The van der Waals surface area contributed by atoms with Gasteiger partial charge in [0.15, 0.2) is 0 Å². The molecule has 0 spiro atoms. The molecule has 0 atom stereocenters. The highest BCUT2D eigenvalue weighted by Crippen LogP contribution is 1.96. The summed E-state index contributed by atoms with van der Waals surface area (Å²) in [6.07, 6.45) is 6.08. The van der Waals surface area contributed by atoms with E-state index in [9.17, 15) is 0 Å². The summed E-state index contributed by atoms with van der Waals surface area (Å²) in [7, 11) is 0.869. The topological polar surface area (TPSA) is 18.5 Å². The van der Waals surface area contributed by atoms with Gasteiger partial charge in [0.25, 0.3) is 0 Å². The Balaban J connectivity index is 2.73. The van der Waals surface area contributed by atoms with E-state index >= 15 is 0 Å². The van der Waals surface area contributed by atoms with E-state index in [-0.39, 0.29) is 0 Å². The van der Waals surface area contributed by atoms with E-state index in [1.165, 1.54) is 19.3 Å². The molecule has 0 saturated heterocycles. The van der Waals surface area contributed by atoms with Crippen LogP contribution < -0.4 is 0 Å². The Morgan fingerprint density at radius 3 is 2.08 bits per heavy atom. The van der Waals surface area contributed by atoms with Crippen LogP contribution in [-0.2, 0) is 9.16 Å². The minimum absolute atomic E-state index is 0.869. The second-order valence-corrected chi connectivity index (χ2v) is 3.60. The molecule has 0 amide bonds. The van der Waals surface area contributed by atoms with Gasteiger partial charge in [0, 0.05) is 19.8 Å². The fraction of sp³-hybridized carbons (Fsp3) is 1.00. The normalized spacial score (nSPS) is 10.8. The van der Waals surface area contributed by atoms with Crippen molar-refractivity contribution >= 4 is 10.5 Å². The van der Waals surface area contributed by atoms with Crippen LogP contribution in [0, 0.1) is 0 Å². The maximum atomic E-state index is 5.44. The van der Waals surface area contributed by atoms with Crippen molar-refractivity contribution in [3.63, 3.8) is 0 Å². The summed E-state index contributed by atoms with van der Waals surface area (Å²) in [5.41, 5.74) is 0. The lowest BCUT2D eigenvalue weighted by Crippen LogP contribution is -1.99. The average Bonchev–Trinajstić information content (AvgIpc) is 2.10. The Labute approximate surface area is 79.2 Å². The lowest BCUT2D eigenvalue weighted by Gasteiger charge is -2.02. The van der Waals surface area contributed by atoms with Crippen LogP contribution in [-0.4, -0.2) is 30.3 Å². The first-order valence-corrected chi connectivity index (χ1v) is 5.80. The summed E-state index contributed by atoms with van der Waals surface area (Å²) in [6.45, 7) is 4.98. The zero-order chi connectivity index (χ0) is 9.07.